The van der Waals surface area contributed by atoms with Crippen molar-refractivity contribution in [3.63, 3.8) is 0 Å². The van der Waals surface area contributed by atoms with Crippen LogP contribution in [0.4, 0.5) is 18.9 Å². The Hall–Kier alpha value is -2.45. The van der Waals surface area contributed by atoms with Crippen molar-refractivity contribution < 1.29 is 18.0 Å². The van der Waals surface area contributed by atoms with E-state index in [1.54, 1.807) is 6.20 Å². The number of carbonyl (C=O) groups excluding carboxylic acids is 1. The van der Waals surface area contributed by atoms with Gasteiger partial charge in [-0.25, -0.2) is 0 Å². The van der Waals surface area contributed by atoms with Gasteiger partial charge in [-0.3, -0.25) is 19.6 Å². The molecule has 1 aromatic carbocycles. The van der Waals surface area contributed by atoms with Gasteiger partial charge in [0.25, 0.3) is 0 Å². The standard InChI is InChI=1S/C20H23F3N4O/c1-15-3-2-8-24-18(15)13-26-9-11-27(12-10-26)14-19(28)25-17-6-4-16(5-7-17)20(21,22)23/h2-8H,9-14H2,1H3,(H,25,28). The predicted octanol–water partition coefficient (Wildman–Crippen LogP) is 3.17. The average molecular weight is 392 g/mol. The monoisotopic (exact) mass is 392 g/mol. The van der Waals surface area contributed by atoms with Crippen molar-refractivity contribution in [2.45, 2.75) is 19.6 Å². The molecule has 1 aromatic heterocycles. The molecule has 1 aliphatic rings. The summed E-state index contributed by atoms with van der Waals surface area (Å²) in [4.78, 5) is 20.9. The fourth-order valence-electron chi connectivity index (χ4n) is 3.15. The largest absolute Gasteiger partial charge is 0.416 e. The zero-order valence-corrected chi connectivity index (χ0v) is 15.7. The van der Waals surface area contributed by atoms with Gasteiger partial charge in [0, 0.05) is 44.6 Å². The molecule has 0 bridgehead atoms. The fourth-order valence-corrected chi connectivity index (χ4v) is 3.15. The molecular weight excluding hydrogens is 369 g/mol. The summed E-state index contributed by atoms with van der Waals surface area (Å²) in [6.07, 6.45) is -2.58. The molecule has 8 heteroatoms. The normalized spacial score (nSPS) is 16.1. The number of pyridine rings is 1. The van der Waals surface area contributed by atoms with E-state index in [4.69, 9.17) is 0 Å². The van der Waals surface area contributed by atoms with Crippen LogP contribution in [0, 0.1) is 6.92 Å². The van der Waals surface area contributed by atoms with Gasteiger partial charge < -0.3 is 5.32 Å². The van der Waals surface area contributed by atoms with Crippen molar-refractivity contribution in [1.82, 2.24) is 14.8 Å². The van der Waals surface area contributed by atoms with Gasteiger partial charge in [-0.15, -0.1) is 0 Å². The number of anilines is 1. The first-order valence-corrected chi connectivity index (χ1v) is 9.13. The molecule has 0 aliphatic carbocycles. The quantitative estimate of drug-likeness (QED) is 0.849. The Kier molecular flexibility index (Phi) is 6.31. The van der Waals surface area contributed by atoms with Crippen LogP contribution in [0.15, 0.2) is 42.6 Å². The van der Waals surface area contributed by atoms with Crippen molar-refractivity contribution in [2.75, 3.05) is 38.0 Å². The number of carbonyl (C=O) groups is 1. The summed E-state index contributed by atoms with van der Waals surface area (Å²) < 4.78 is 37.7. The van der Waals surface area contributed by atoms with Gasteiger partial charge in [0.15, 0.2) is 0 Å². The number of amides is 1. The van der Waals surface area contributed by atoms with Crippen LogP contribution in [0.3, 0.4) is 0 Å². The number of aryl methyl sites for hydroxylation is 1. The summed E-state index contributed by atoms with van der Waals surface area (Å²) >= 11 is 0. The molecule has 5 nitrogen and oxygen atoms in total. The summed E-state index contributed by atoms with van der Waals surface area (Å²) in [5.41, 5.74) is 1.86. The van der Waals surface area contributed by atoms with Crippen molar-refractivity contribution >= 4 is 11.6 Å². The van der Waals surface area contributed by atoms with E-state index in [2.05, 4.69) is 15.2 Å². The Bertz CT molecular complexity index is 800. The van der Waals surface area contributed by atoms with Gasteiger partial charge in [-0.2, -0.15) is 13.2 Å². The third-order valence-corrected chi connectivity index (χ3v) is 4.82. The highest BCUT2D eigenvalue weighted by atomic mass is 19.4. The minimum absolute atomic E-state index is 0.220. The molecule has 3 rings (SSSR count). The van der Waals surface area contributed by atoms with Gasteiger partial charge in [0.2, 0.25) is 5.91 Å². The maximum atomic E-state index is 12.6. The average Bonchev–Trinajstić information content (AvgIpc) is 2.65. The maximum absolute atomic E-state index is 12.6. The molecule has 2 aromatic rings. The molecule has 150 valence electrons. The predicted molar refractivity (Wildman–Crippen MR) is 101 cm³/mol. The highest BCUT2D eigenvalue weighted by Crippen LogP contribution is 2.29. The number of halogens is 3. The molecule has 0 radical (unpaired) electrons. The van der Waals surface area contributed by atoms with Gasteiger partial charge >= 0.3 is 6.18 Å². The molecule has 1 fully saturated rings. The third kappa shape index (κ3) is 5.53. The molecule has 2 heterocycles. The second-order valence-electron chi connectivity index (χ2n) is 6.94. The second kappa shape index (κ2) is 8.70. The number of benzene rings is 1. The van der Waals surface area contributed by atoms with Crippen molar-refractivity contribution in [3.8, 4) is 0 Å². The molecule has 28 heavy (non-hydrogen) atoms. The zero-order valence-electron chi connectivity index (χ0n) is 15.7. The Balaban J connectivity index is 1.44. The van der Waals surface area contributed by atoms with E-state index in [0.29, 0.717) is 5.69 Å². The van der Waals surface area contributed by atoms with Crippen LogP contribution in [0.25, 0.3) is 0 Å². The molecule has 1 aliphatic heterocycles. The number of hydrogen-bond donors (Lipinski definition) is 1. The Labute approximate surface area is 162 Å². The van der Waals surface area contributed by atoms with E-state index in [1.807, 2.05) is 24.0 Å². The topological polar surface area (TPSA) is 48.5 Å². The molecule has 1 N–H and O–H groups in total. The number of piperazine rings is 1. The first-order valence-electron chi connectivity index (χ1n) is 9.13. The van der Waals surface area contributed by atoms with Gasteiger partial charge in [-0.05, 0) is 42.8 Å². The smallest absolute Gasteiger partial charge is 0.325 e. The van der Waals surface area contributed by atoms with Crippen LogP contribution in [0.5, 0.6) is 0 Å². The van der Waals surface area contributed by atoms with Gasteiger partial charge in [-0.1, -0.05) is 6.07 Å². The lowest BCUT2D eigenvalue weighted by Crippen LogP contribution is -2.48. The molecule has 1 amide bonds. The second-order valence-corrected chi connectivity index (χ2v) is 6.94. The Morgan fingerprint density at radius 3 is 2.32 bits per heavy atom. The van der Waals surface area contributed by atoms with Crippen molar-refractivity contribution in [3.05, 3.63) is 59.4 Å². The Morgan fingerprint density at radius 1 is 1.07 bits per heavy atom. The van der Waals surface area contributed by atoms with Crippen LogP contribution in [-0.2, 0) is 17.5 Å². The summed E-state index contributed by atoms with van der Waals surface area (Å²) in [7, 11) is 0. The Morgan fingerprint density at radius 2 is 1.71 bits per heavy atom. The molecular formula is C20H23F3N4O. The van der Waals surface area contributed by atoms with Crippen LogP contribution < -0.4 is 5.32 Å². The van der Waals surface area contributed by atoms with E-state index in [1.165, 1.54) is 17.7 Å². The summed E-state index contributed by atoms with van der Waals surface area (Å²) in [5, 5.41) is 2.65. The van der Waals surface area contributed by atoms with Crippen molar-refractivity contribution in [1.29, 1.82) is 0 Å². The van der Waals surface area contributed by atoms with E-state index in [-0.39, 0.29) is 12.5 Å². The van der Waals surface area contributed by atoms with E-state index in [0.717, 1.165) is 50.6 Å². The zero-order chi connectivity index (χ0) is 20.1. The van der Waals surface area contributed by atoms with Gasteiger partial charge in [0.1, 0.15) is 0 Å². The third-order valence-electron chi connectivity index (χ3n) is 4.82. The minimum atomic E-state index is -4.38. The first kappa shape index (κ1) is 20.3. The highest BCUT2D eigenvalue weighted by molar-refractivity contribution is 5.92. The fraction of sp³-hybridized carbons (Fsp3) is 0.400. The van der Waals surface area contributed by atoms with Crippen LogP contribution in [0.2, 0.25) is 0 Å². The number of rotatable bonds is 5. The summed E-state index contributed by atoms with van der Waals surface area (Å²) in [5.74, 6) is -0.228. The number of nitrogens with one attached hydrogen (secondary N) is 1. The van der Waals surface area contributed by atoms with E-state index in [9.17, 15) is 18.0 Å². The maximum Gasteiger partial charge on any atom is 0.416 e. The van der Waals surface area contributed by atoms with E-state index >= 15 is 0 Å². The van der Waals surface area contributed by atoms with Crippen LogP contribution >= 0.6 is 0 Å². The van der Waals surface area contributed by atoms with Crippen LogP contribution in [-0.4, -0.2) is 53.4 Å². The van der Waals surface area contributed by atoms with E-state index < -0.39 is 11.7 Å². The minimum Gasteiger partial charge on any atom is -0.325 e. The highest BCUT2D eigenvalue weighted by Gasteiger charge is 2.30. The number of aromatic nitrogens is 1. The lowest BCUT2D eigenvalue weighted by Gasteiger charge is -2.34. The first-order chi connectivity index (χ1) is 13.3. The van der Waals surface area contributed by atoms with Crippen molar-refractivity contribution in [2.24, 2.45) is 0 Å². The molecule has 1 saturated heterocycles. The number of alkyl halides is 3. The number of hydrogen-bond acceptors (Lipinski definition) is 4. The lowest BCUT2D eigenvalue weighted by atomic mass is 10.2. The summed E-state index contributed by atoms with van der Waals surface area (Å²) in [6.45, 7) is 6.24. The molecule has 0 spiro atoms. The van der Waals surface area contributed by atoms with Crippen LogP contribution in [0.1, 0.15) is 16.8 Å². The molecule has 0 unspecified atom stereocenters. The SMILES string of the molecule is Cc1cccnc1CN1CCN(CC(=O)Nc2ccc(C(F)(F)F)cc2)CC1. The number of nitrogens with zero attached hydrogens (tertiary/aromatic N) is 3. The molecule has 0 atom stereocenters. The molecule has 0 saturated carbocycles. The summed E-state index contributed by atoms with van der Waals surface area (Å²) in [6, 6.07) is 8.44. The lowest BCUT2D eigenvalue weighted by molar-refractivity contribution is -0.137. The van der Waals surface area contributed by atoms with Gasteiger partial charge in [0.05, 0.1) is 17.8 Å².